The molecule has 1 heterocycles. The first-order chi connectivity index (χ1) is 12.5. The maximum atomic E-state index is 10.8. The van der Waals surface area contributed by atoms with E-state index in [9.17, 15) is 19.5 Å². The molecule has 3 rings (SSSR count). The Labute approximate surface area is 150 Å². The van der Waals surface area contributed by atoms with Crippen LogP contribution in [0.5, 0.6) is 5.75 Å². The van der Waals surface area contributed by atoms with Crippen LogP contribution in [0.25, 0.3) is 11.1 Å². The van der Waals surface area contributed by atoms with Crippen LogP contribution in [0.3, 0.4) is 0 Å². The largest absolute Gasteiger partial charge is 0.506 e. The fraction of sp³-hybridized carbons (Fsp3) is 0.211. The number of carboxylic acid groups (broad SMARTS) is 1. The Morgan fingerprint density at radius 1 is 0.962 bits per heavy atom. The minimum absolute atomic E-state index is 0.0821. The summed E-state index contributed by atoms with van der Waals surface area (Å²) in [6.45, 7) is 0.00907. The number of phenols is 1. The van der Waals surface area contributed by atoms with E-state index in [2.05, 4.69) is 0 Å². The second-order valence-corrected chi connectivity index (χ2v) is 5.54. The molecular weight excluding hydrogens is 338 g/mol. The van der Waals surface area contributed by atoms with Gasteiger partial charge in [0.2, 0.25) is 11.8 Å². The van der Waals surface area contributed by atoms with Crippen LogP contribution in [-0.2, 0) is 9.59 Å². The Kier molecular flexibility index (Phi) is 6.46. The number of imide groups is 1. The number of rotatable bonds is 4. The van der Waals surface area contributed by atoms with E-state index in [1.807, 2.05) is 30.3 Å². The van der Waals surface area contributed by atoms with Crippen molar-refractivity contribution < 1.29 is 29.7 Å². The minimum atomic E-state index is -1.13. The number of nitrogens with zero attached hydrogens (tertiary/aromatic N) is 1. The zero-order valence-corrected chi connectivity index (χ0v) is 14.0. The van der Waals surface area contributed by atoms with Gasteiger partial charge in [0, 0.05) is 18.4 Å². The average Bonchev–Trinajstić information content (AvgIpc) is 2.95. The maximum absolute atomic E-state index is 10.8. The summed E-state index contributed by atoms with van der Waals surface area (Å²) in [5.74, 6) is -1.66. The molecule has 1 aliphatic rings. The molecule has 1 aliphatic heterocycles. The van der Waals surface area contributed by atoms with Crippen molar-refractivity contribution >= 4 is 17.8 Å². The van der Waals surface area contributed by atoms with Crippen LogP contribution in [0.2, 0.25) is 0 Å². The van der Waals surface area contributed by atoms with E-state index in [1.165, 1.54) is 6.07 Å². The Hall–Kier alpha value is -3.19. The highest BCUT2D eigenvalue weighted by atomic mass is 16.4. The Bertz CT molecular complexity index is 787. The molecule has 1 saturated heterocycles. The van der Waals surface area contributed by atoms with Gasteiger partial charge in [-0.05, 0) is 11.6 Å². The molecular formula is C19H19NO6. The second kappa shape index (κ2) is 8.77. The average molecular weight is 357 g/mol. The number of likely N-dealkylation sites (tertiary alicyclic amines) is 1. The molecule has 26 heavy (non-hydrogen) atoms. The third-order valence-corrected chi connectivity index (χ3v) is 3.83. The number of β-amino-alcohol motifs (C(OH)–C–C–N with tert-alkyl or cyclic N) is 1. The van der Waals surface area contributed by atoms with Gasteiger partial charge < -0.3 is 15.3 Å². The van der Waals surface area contributed by atoms with Crippen molar-refractivity contribution in [3.63, 3.8) is 0 Å². The van der Waals surface area contributed by atoms with Crippen LogP contribution < -0.4 is 0 Å². The molecule has 1 fully saturated rings. The normalized spacial score (nSPS) is 13.3. The number of aliphatic hydroxyl groups excluding tert-OH is 1. The highest BCUT2D eigenvalue weighted by molar-refractivity contribution is 6.01. The van der Waals surface area contributed by atoms with Gasteiger partial charge in [0.15, 0.2) is 0 Å². The van der Waals surface area contributed by atoms with Crippen molar-refractivity contribution in [1.29, 1.82) is 0 Å². The van der Waals surface area contributed by atoms with Crippen LogP contribution in [0, 0.1) is 0 Å². The zero-order valence-electron chi connectivity index (χ0n) is 14.0. The first kappa shape index (κ1) is 19.1. The monoisotopic (exact) mass is 357 g/mol. The van der Waals surface area contributed by atoms with Crippen molar-refractivity contribution in [1.82, 2.24) is 4.90 Å². The number of aromatic carboxylic acids is 1. The SMILES string of the molecule is O=C(O)c1cccc(-c2ccccc2)c1O.O=C1CCC(=O)N1CCO. The molecule has 0 bridgehead atoms. The lowest BCUT2D eigenvalue weighted by atomic mass is 10.0. The Balaban J connectivity index is 0.000000209. The van der Waals surface area contributed by atoms with Gasteiger partial charge >= 0.3 is 5.97 Å². The van der Waals surface area contributed by atoms with Crippen LogP contribution >= 0.6 is 0 Å². The molecule has 0 aromatic heterocycles. The van der Waals surface area contributed by atoms with Crippen molar-refractivity contribution in [2.45, 2.75) is 12.8 Å². The minimum Gasteiger partial charge on any atom is -0.506 e. The lowest BCUT2D eigenvalue weighted by Crippen LogP contribution is -2.31. The second-order valence-electron chi connectivity index (χ2n) is 5.54. The zero-order chi connectivity index (χ0) is 19.1. The summed E-state index contributed by atoms with van der Waals surface area (Å²) >= 11 is 0. The number of benzene rings is 2. The highest BCUT2D eigenvalue weighted by Crippen LogP contribution is 2.31. The van der Waals surface area contributed by atoms with Gasteiger partial charge in [-0.15, -0.1) is 0 Å². The van der Waals surface area contributed by atoms with Crippen molar-refractivity contribution in [2.24, 2.45) is 0 Å². The molecule has 0 saturated carbocycles. The maximum Gasteiger partial charge on any atom is 0.339 e. The van der Waals surface area contributed by atoms with Crippen LogP contribution in [0.1, 0.15) is 23.2 Å². The quantitative estimate of drug-likeness (QED) is 0.720. The van der Waals surface area contributed by atoms with E-state index < -0.39 is 5.97 Å². The standard InChI is InChI=1S/C13H10O3.C6H9NO3/c14-12-10(9-5-2-1-3-6-9)7-4-8-11(12)13(15)16;8-4-3-7-5(9)1-2-6(7)10/h1-8,14H,(H,15,16);8H,1-4H2. The third-order valence-electron chi connectivity index (χ3n) is 3.83. The fourth-order valence-electron chi connectivity index (χ4n) is 2.54. The van der Waals surface area contributed by atoms with E-state index in [-0.39, 0.29) is 36.3 Å². The number of carboxylic acids is 1. The number of hydrogen-bond donors (Lipinski definition) is 3. The predicted octanol–water partition coefficient (Wildman–Crippen LogP) is 1.89. The lowest BCUT2D eigenvalue weighted by Gasteiger charge is -2.10. The molecule has 2 amide bonds. The third kappa shape index (κ3) is 4.46. The smallest absolute Gasteiger partial charge is 0.339 e. The number of aromatic hydroxyl groups is 1. The Morgan fingerprint density at radius 3 is 2.12 bits per heavy atom. The molecule has 7 heteroatoms. The molecule has 0 radical (unpaired) electrons. The molecule has 2 aromatic rings. The van der Waals surface area contributed by atoms with Crippen LogP contribution in [0.4, 0.5) is 0 Å². The lowest BCUT2D eigenvalue weighted by molar-refractivity contribution is -0.138. The fourth-order valence-corrected chi connectivity index (χ4v) is 2.54. The molecule has 7 nitrogen and oxygen atoms in total. The van der Waals surface area contributed by atoms with Gasteiger partial charge in [-0.3, -0.25) is 14.5 Å². The van der Waals surface area contributed by atoms with Crippen LogP contribution in [-0.4, -0.2) is 51.2 Å². The number of para-hydroxylation sites is 1. The van der Waals surface area contributed by atoms with E-state index in [4.69, 9.17) is 10.2 Å². The van der Waals surface area contributed by atoms with E-state index >= 15 is 0 Å². The summed E-state index contributed by atoms with van der Waals surface area (Å²) < 4.78 is 0. The summed E-state index contributed by atoms with van der Waals surface area (Å²) in [4.78, 5) is 33.5. The van der Waals surface area contributed by atoms with Gasteiger partial charge in [0.1, 0.15) is 11.3 Å². The van der Waals surface area contributed by atoms with E-state index in [1.54, 1.807) is 12.1 Å². The molecule has 136 valence electrons. The number of carbonyl (C=O) groups excluding carboxylic acids is 2. The summed E-state index contributed by atoms with van der Waals surface area (Å²) in [6.07, 6.45) is 0.609. The first-order valence-electron chi connectivity index (χ1n) is 8.00. The van der Waals surface area contributed by atoms with Gasteiger partial charge in [0.25, 0.3) is 0 Å². The number of carbonyl (C=O) groups is 3. The van der Waals surface area contributed by atoms with E-state index in [0.717, 1.165) is 10.5 Å². The van der Waals surface area contributed by atoms with Gasteiger partial charge in [0.05, 0.1) is 13.2 Å². The molecule has 0 aliphatic carbocycles. The highest BCUT2D eigenvalue weighted by Gasteiger charge is 2.27. The summed E-state index contributed by atoms with van der Waals surface area (Å²) in [6, 6.07) is 13.9. The van der Waals surface area contributed by atoms with Gasteiger partial charge in [-0.2, -0.15) is 0 Å². The topological polar surface area (TPSA) is 115 Å². The summed E-state index contributed by atoms with van der Waals surface area (Å²) in [5, 5.41) is 27.1. The molecule has 0 spiro atoms. The summed E-state index contributed by atoms with van der Waals surface area (Å²) in [5.41, 5.74) is 1.24. The Morgan fingerprint density at radius 2 is 1.58 bits per heavy atom. The first-order valence-corrected chi connectivity index (χ1v) is 8.00. The molecule has 0 atom stereocenters. The summed E-state index contributed by atoms with van der Waals surface area (Å²) in [7, 11) is 0. The molecule has 3 N–H and O–H groups in total. The van der Waals surface area contributed by atoms with E-state index in [0.29, 0.717) is 18.4 Å². The van der Waals surface area contributed by atoms with Crippen molar-refractivity contribution in [3.8, 4) is 16.9 Å². The molecule has 0 unspecified atom stereocenters. The number of amides is 2. The molecule has 2 aromatic carbocycles. The number of aliphatic hydroxyl groups is 1. The van der Waals surface area contributed by atoms with Crippen LogP contribution in [0.15, 0.2) is 48.5 Å². The van der Waals surface area contributed by atoms with Gasteiger partial charge in [-0.25, -0.2) is 4.79 Å². The predicted molar refractivity (Wildman–Crippen MR) is 93.5 cm³/mol. The van der Waals surface area contributed by atoms with Crippen molar-refractivity contribution in [3.05, 3.63) is 54.1 Å². The van der Waals surface area contributed by atoms with Gasteiger partial charge in [-0.1, -0.05) is 42.5 Å². The number of hydrogen-bond acceptors (Lipinski definition) is 5. The van der Waals surface area contributed by atoms with Crippen molar-refractivity contribution in [2.75, 3.05) is 13.2 Å².